The van der Waals surface area contributed by atoms with Gasteiger partial charge in [0.15, 0.2) is 0 Å². The maximum Gasteiger partial charge on any atom is 0.262 e. The van der Waals surface area contributed by atoms with Crippen LogP contribution in [0.2, 0.25) is 5.02 Å². The van der Waals surface area contributed by atoms with Crippen LogP contribution >= 0.6 is 11.6 Å². The summed E-state index contributed by atoms with van der Waals surface area (Å²) in [5.74, 6) is -0.128. The van der Waals surface area contributed by atoms with Crippen molar-refractivity contribution in [1.29, 1.82) is 0 Å². The van der Waals surface area contributed by atoms with E-state index in [0.717, 1.165) is 12.8 Å². The topological polar surface area (TPSA) is 75.3 Å². The van der Waals surface area contributed by atoms with Crippen molar-refractivity contribution in [2.75, 3.05) is 10.0 Å². The number of amides is 1. The van der Waals surface area contributed by atoms with Gasteiger partial charge in [-0.25, -0.2) is 8.42 Å². The minimum Gasteiger partial charge on any atom is -0.326 e. The highest BCUT2D eigenvalue weighted by atomic mass is 35.5. The van der Waals surface area contributed by atoms with Crippen LogP contribution in [0.3, 0.4) is 0 Å². The highest BCUT2D eigenvalue weighted by Gasteiger charge is 2.18. The Morgan fingerprint density at radius 2 is 1.88 bits per heavy atom. The van der Waals surface area contributed by atoms with Crippen LogP contribution in [0.15, 0.2) is 47.4 Å². The molecule has 0 aliphatic carbocycles. The van der Waals surface area contributed by atoms with Gasteiger partial charge in [-0.3, -0.25) is 9.52 Å². The first-order chi connectivity index (χ1) is 11.8. The van der Waals surface area contributed by atoms with Crippen LogP contribution in [0.1, 0.15) is 31.7 Å². The van der Waals surface area contributed by atoms with Crippen molar-refractivity contribution in [1.82, 2.24) is 0 Å². The molecule has 0 bridgehead atoms. The molecule has 7 heteroatoms. The number of aryl methyl sites for hydroxylation is 1. The zero-order valence-electron chi connectivity index (χ0n) is 14.2. The minimum absolute atomic E-state index is 0.112. The molecule has 134 valence electrons. The summed E-state index contributed by atoms with van der Waals surface area (Å²) in [6.45, 7) is 3.71. The van der Waals surface area contributed by atoms with Crippen LogP contribution in [0.4, 0.5) is 11.4 Å². The molecule has 0 saturated carbocycles. The van der Waals surface area contributed by atoms with Crippen molar-refractivity contribution in [3.05, 3.63) is 53.1 Å². The summed E-state index contributed by atoms with van der Waals surface area (Å²) in [6, 6.07) is 11.3. The van der Waals surface area contributed by atoms with Gasteiger partial charge in [-0.05, 0) is 49.2 Å². The molecule has 0 fully saturated rings. The van der Waals surface area contributed by atoms with E-state index < -0.39 is 10.0 Å². The molecule has 0 unspecified atom stereocenters. The molecular weight excluding hydrogens is 360 g/mol. The molecule has 0 aromatic heterocycles. The molecule has 2 aromatic carbocycles. The fourth-order valence-corrected chi connectivity index (χ4v) is 3.80. The quantitative estimate of drug-likeness (QED) is 0.738. The fourth-order valence-electron chi connectivity index (χ4n) is 2.29. The number of benzene rings is 2. The first-order valence-electron chi connectivity index (χ1n) is 8.00. The number of anilines is 2. The highest BCUT2D eigenvalue weighted by Crippen LogP contribution is 2.24. The number of unbranched alkanes of at least 4 members (excludes halogenated alkanes) is 1. The number of carbonyl (C=O) groups excluding carboxylic acids is 1. The van der Waals surface area contributed by atoms with E-state index in [0.29, 0.717) is 28.4 Å². The first kappa shape index (κ1) is 19.3. The second-order valence-corrected chi connectivity index (χ2v) is 7.84. The average Bonchev–Trinajstić information content (AvgIpc) is 2.54. The average molecular weight is 381 g/mol. The van der Waals surface area contributed by atoms with Gasteiger partial charge in [0, 0.05) is 17.1 Å². The van der Waals surface area contributed by atoms with Gasteiger partial charge in [-0.1, -0.05) is 37.1 Å². The second kappa shape index (κ2) is 8.36. The molecule has 0 aliphatic heterocycles. The van der Waals surface area contributed by atoms with Gasteiger partial charge in [0.25, 0.3) is 10.0 Å². The van der Waals surface area contributed by atoms with E-state index >= 15 is 0 Å². The van der Waals surface area contributed by atoms with Gasteiger partial charge < -0.3 is 5.32 Å². The van der Waals surface area contributed by atoms with Gasteiger partial charge in [-0.15, -0.1) is 0 Å². The number of hydrogen-bond donors (Lipinski definition) is 2. The van der Waals surface area contributed by atoms with Crippen molar-refractivity contribution < 1.29 is 13.2 Å². The lowest BCUT2D eigenvalue weighted by molar-refractivity contribution is -0.116. The van der Waals surface area contributed by atoms with Gasteiger partial charge in [0.1, 0.15) is 0 Å². The molecule has 5 nitrogen and oxygen atoms in total. The number of carbonyl (C=O) groups is 1. The molecule has 25 heavy (non-hydrogen) atoms. The zero-order chi connectivity index (χ0) is 18.4. The van der Waals surface area contributed by atoms with E-state index in [1.165, 1.54) is 12.1 Å². The van der Waals surface area contributed by atoms with Gasteiger partial charge in [0.05, 0.1) is 10.6 Å². The SMILES string of the molecule is CCCCC(=O)Nc1ccc(C)c(S(=O)(=O)Nc2cccc(Cl)c2)c1. The second-order valence-electron chi connectivity index (χ2n) is 5.75. The van der Waals surface area contributed by atoms with Crippen molar-refractivity contribution in [3.63, 3.8) is 0 Å². The van der Waals surface area contributed by atoms with E-state index in [2.05, 4.69) is 10.0 Å². The standard InChI is InChI=1S/C18H21ClN2O3S/c1-3-4-8-18(22)20-15-10-9-13(2)17(12-15)25(23,24)21-16-7-5-6-14(19)11-16/h5-7,9-12,21H,3-4,8H2,1-2H3,(H,20,22). The molecular formula is C18H21ClN2O3S. The number of hydrogen-bond acceptors (Lipinski definition) is 3. The van der Waals surface area contributed by atoms with Crippen molar-refractivity contribution in [2.45, 2.75) is 38.0 Å². The Balaban J connectivity index is 2.24. The Bertz CT molecular complexity index is 866. The predicted octanol–water partition coefficient (Wildman–Crippen LogP) is 4.58. The first-order valence-corrected chi connectivity index (χ1v) is 9.87. The number of sulfonamides is 1. The maximum atomic E-state index is 12.7. The molecule has 2 N–H and O–H groups in total. The monoisotopic (exact) mass is 380 g/mol. The van der Waals surface area contributed by atoms with Crippen LogP contribution < -0.4 is 10.0 Å². The Morgan fingerprint density at radius 1 is 1.12 bits per heavy atom. The third-order valence-corrected chi connectivity index (χ3v) is 5.35. The lowest BCUT2D eigenvalue weighted by Gasteiger charge is -2.13. The summed E-state index contributed by atoms with van der Waals surface area (Å²) < 4.78 is 27.9. The van der Waals surface area contributed by atoms with Crippen LogP contribution in [0, 0.1) is 6.92 Å². The van der Waals surface area contributed by atoms with E-state index in [4.69, 9.17) is 11.6 Å². The van der Waals surface area contributed by atoms with Crippen molar-refractivity contribution >= 4 is 38.9 Å². The predicted molar refractivity (Wildman–Crippen MR) is 102 cm³/mol. The summed E-state index contributed by atoms with van der Waals surface area (Å²) in [6.07, 6.45) is 2.12. The van der Waals surface area contributed by atoms with Gasteiger partial charge in [0.2, 0.25) is 5.91 Å². The van der Waals surface area contributed by atoms with E-state index in [9.17, 15) is 13.2 Å². The number of halogens is 1. The normalized spacial score (nSPS) is 11.2. The smallest absolute Gasteiger partial charge is 0.262 e. The summed E-state index contributed by atoms with van der Waals surface area (Å²) >= 11 is 5.89. The number of rotatable bonds is 7. The Kier molecular flexibility index (Phi) is 6.45. The van der Waals surface area contributed by atoms with E-state index in [1.54, 1.807) is 37.3 Å². The molecule has 2 rings (SSSR count). The van der Waals surface area contributed by atoms with Gasteiger partial charge >= 0.3 is 0 Å². The molecule has 0 spiro atoms. The van der Waals surface area contributed by atoms with Crippen LogP contribution in [0.5, 0.6) is 0 Å². The molecule has 1 amide bonds. The van der Waals surface area contributed by atoms with Gasteiger partial charge in [-0.2, -0.15) is 0 Å². The van der Waals surface area contributed by atoms with E-state index in [1.807, 2.05) is 6.92 Å². The number of nitrogens with one attached hydrogen (secondary N) is 2. The summed E-state index contributed by atoms with van der Waals surface area (Å²) in [5, 5.41) is 3.18. The van der Waals surface area contributed by atoms with Crippen LogP contribution in [-0.2, 0) is 14.8 Å². The lowest BCUT2D eigenvalue weighted by atomic mass is 10.2. The summed E-state index contributed by atoms with van der Waals surface area (Å²) in [4.78, 5) is 12.0. The molecule has 0 saturated heterocycles. The van der Waals surface area contributed by atoms with E-state index in [-0.39, 0.29) is 10.8 Å². The summed E-state index contributed by atoms with van der Waals surface area (Å²) in [7, 11) is -3.80. The van der Waals surface area contributed by atoms with Crippen molar-refractivity contribution in [3.8, 4) is 0 Å². The third kappa shape index (κ3) is 5.47. The molecule has 0 heterocycles. The van der Waals surface area contributed by atoms with Crippen molar-refractivity contribution in [2.24, 2.45) is 0 Å². The Labute approximate surface area is 153 Å². The van der Waals surface area contributed by atoms with Crippen LogP contribution in [-0.4, -0.2) is 14.3 Å². The minimum atomic E-state index is -3.80. The molecule has 0 aliphatic rings. The Morgan fingerprint density at radius 3 is 2.56 bits per heavy atom. The third-order valence-electron chi connectivity index (χ3n) is 3.60. The maximum absolute atomic E-state index is 12.7. The largest absolute Gasteiger partial charge is 0.326 e. The fraction of sp³-hybridized carbons (Fsp3) is 0.278. The van der Waals surface area contributed by atoms with Crippen LogP contribution in [0.25, 0.3) is 0 Å². The molecule has 2 aromatic rings. The zero-order valence-corrected chi connectivity index (χ0v) is 15.7. The molecule has 0 radical (unpaired) electrons. The Hall–Kier alpha value is -2.05. The summed E-state index contributed by atoms with van der Waals surface area (Å²) in [5.41, 5.74) is 1.42. The lowest BCUT2D eigenvalue weighted by Crippen LogP contribution is -2.16. The highest BCUT2D eigenvalue weighted by molar-refractivity contribution is 7.92. The molecule has 0 atom stereocenters.